The van der Waals surface area contributed by atoms with Crippen LogP contribution in [0.15, 0.2) is 0 Å². The van der Waals surface area contributed by atoms with Gasteiger partial charge in [-0.3, -0.25) is 9.59 Å². The molecule has 0 radical (unpaired) electrons. The lowest BCUT2D eigenvalue weighted by Gasteiger charge is -2.30. The molecule has 19 heavy (non-hydrogen) atoms. The van der Waals surface area contributed by atoms with Crippen molar-refractivity contribution in [3.63, 3.8) is 0 Å². The number of likely N-dealkylation sites (N-methyl/N-ethyl adjacent to an activating group) is 1. The lowest BCUT2D eigenvalue weighted by Crippen LogP contribution is -2.51. The summed E-state index contributed by atoms with van der Waals surface area (Å²) in [6.07, 6.45) is 5.71. The van der Waals surface area contributed by atoms with Crippen LogP contribution in [0, 0.1) is 5.92 Å². The third-order valence-electron chi connectivity index (χ3n) is 3.68. The molecular weight excluding hydrogens is 240 g/mol. The molecule has 1 unspecified atom stereocenters. The van der Waals surface area contributed by atoms with Crippen molar-refractivity contribution in [2.24, 2.45) is 5.92 Å². The SMILES string of the molecule is CC.CN[C@@H](C)C(=O)NC(C(C)=O)C1CCCCC1. The van der Waals surface area contributed by atoms with Crippen LogP contribution in [-0.2, 0) is 9.59 Å². The summed E-state index contributed by atoms with van der Waals surface area (Å²) in [4.78, 5) is 23.5. The van der Waals surface area contributed by atoms with Gasteiger partial charge in [-0.2, -0.15) is 0 Å². The van der Waals surface area contributed by atoms with Crippen LogP contribution in [-0.4, -0.2) is 30.8 Å². The maximum Gasteiger partial charge on any atom is 0.237 e. The third-order valence-corrected chi connectivity index (χ3v) is 3.68. The molecule has 2 atom stereocenters. The van der Waals surface area contributed by atoms with E-state index in [0.29, 0.717) is 5.92 Å². The molecule has 0 heterocycles. The zero-order chi connectivity index (χ0) is 14.8. The van der Waals surface area contributed by atoms with Crippen LogP contribution in [0.5, 0.6) is 0 Å². The van der Waals surface area contributed by atoms with Gasteiger partial charge in [-0.25, -0.2) is 0 Å². The van der Waals surface area contributed by atoms with Crippen LogP contribution in [0.2, 0.25) is 0 Å². The Hall–Kier alpha value is -0.900. The maximum atomic E-state index is 11.8. The van der Waals surface area contributed by atoms with Gasteiger partial charge in [-0.15, -0.1) is 0 Å². The molecule has 1 aliphatic rings. The molecule has 0 aromatic rings. The first-order valence-electron chi connectivity index (χ1n) is 7.54. The van der Waals surface area contributed by atoms with Crippen molar-refractivity contribution in [3.8, 4) is 0 Å². The Labute approximate surface area is 117 Å². The second kappa shape index (κ2) is 9.96. The number of rotatable bonds is 5. The summed E-state index contributed by atoms with van der Waals surface area (Å²) in [5.74, 6) is 0.320. The van der Waals surface area contributed by atoms with Crippen molar-refractivity contribution >= 4 is 11.7 Å². The molecule has 0 aliphatic heterocycles. The minimum Gasteiger partial charge on any atom is -0.345 e. The molecule has 0 aromatic carbocycles. The van der Waals surface area contributed by atoms with Gasteiger partial charge in [-0.05, 0) is 39.7 Å². The molecule has 0 bridgehead atoms. The molecule has 4 heteroatoms. The molecule has 112 valence electrons. The highest BCUT2D eigenvalue weighted by Crippen LogP contribution is 2.26. The van der Waals surface area contributed by atoms with Gasteiger partial charge >= 0.3 is 0 Å². The first-order valence-corrected chi connectivity index (χ1v) is 7.54. The molecule has 4 nitrogen and oxygen atoms in total. The van der Waals surface area contributed by atoms with Gasteiger partial charge in [0.1, 0.15) is 0 Å². The van der Waals surface area contributed by atoms with Crippen molar-refractivity contribution in [3.05, 3.63) is 0 Å². The highest BCUT2D eigenvalue weighted by Gasteiger charge is 2.29. The van der Waals surface area contributed by atoms with Gasteiger partial charge in [0.15, 0.2) is 5.78 Å². The highest BCUT2D eigenvalue weighted by molar-refractivity contribution is 5.89. The molecule has 1 rings (SSSR count). The summed E-state index contributed by atoms with van der Waals surface area (Å²) >= 11 is 0. The monoisotopic (exact) mass is 270 g/mol. The van der Waals surface area contributed by atoms with Crippen molar-refractivity contribution in [2.45, 2.75) is 71.9 Å². The van der Waals surface area contributed by atoms with Crippen LogP contribution in [0.3, 0.4) is 0 Å². The summed E-state index contributed by atoms with van der Waals surface area (Å²) < 4.78 is 0. The fraction of sp³-hybridized carbons (Fsp3) is 0.867. The fourth-order valence-corrected chi connectivity index (χ4v) is 2.43. The van der Waals surface area contributed by atoms with Crippen molar-refractivity contribution in [1.29, 1.82) is 0 Å². The van der Waals surface area contributed by atoms with Gasteiger partial charge in [0, 0.05) is 0 Å². The number of amides is 1. The minimum absolute atomic E-state index is 0.0774. The number of hydrogen-bond donors (Lipinski definition) is 2. The van der Waals surface area contributed by atoms with E-state index in [1.807, 2.05) is 13.8 Å². The van der Waals surface area contributed by atoms with Crippen LogP contribution >= 0.6 is 0 Å². The van der Waals surface area contributed by atoms with Crippen LogP contribution in [0.4, 0.5) is 0 Å². The van der Waals surface area contributed by atoms with Crippen LogP contribution in [0.25, 0.3) is 0 Å². The summed E-state index contributed by atoms with van der Waals surface area (Å²) in [5.41, 5.74) is 0. The fourth-order valence-electron chi connectivity index (χ4n) is 2.43. The van der Waals surface area contributed by atoms with Gasteiger partial charge in [-0.1, -0.05) is 33.1 Å². The third kappa shape index (κ3) is 6.19. The average molecular weight is 270 g/mol. The standard InChI is InChI=1S/C13H24N2O2.C2H6/c1-9(14-3)13(17)15-12(10(2)16)11-7-5-4-6-8-11;1-2/h9,11-12,14H,4-8H2,1-3H3,(H,15,17);1-2H3/t9-,12?;/m0./s1. The quantitative estimate of drug-likeness (QED) is 0.806. The molecule has 1 amide bonds. The Morgan fingerprint density at radius 2 is 1.63 bits per heavy atom. The smallest absolute Gasteiger partial charge is 0.237 e. The van der Waals surface area contributed by atoms with E-state index in [0.717, 1.165) is 12.8 Å². The largest absolute Gasteiger partial charge is 0.345 e. The summed E-state index contributed by atoms with van der Waals surface area (Å²) in [6, 6.07) is -0.543. The van der Waals surface area contributed by atoms with E-state index in [9.17, 15) is 9.59 Å². The van der Waals surface area contributed by atoms with Gasteiger partial charge in [0.25, 0.3) is 0 Å². The maximum absolute atomic E-state index is 11.8. The number of Topliss-reactive ketones (excluding diaryl/α,β-unsaturated/α-hetero) is 1. The lowest BCUT2D eigenvalue weighted by atomic mass is 9.82. The summed E-state index contributed by atoms with van der Waals surface area (Å²) in [5, 5.41) is 5.77. The zero-order valence-corrected chi connectivity index (χ0v) is 13.1. The second-order valence-electron chi connectivity index (χ2n) is 5.01. The number of hydrogen-bond acceptors (Lipinski definition) is 3. The van der Waals surface area contributed by atoms with E-state index in [-0.39, 0.29) is 23.8 Å². The zero-order valence-electron chi connectivity index (χ0n) is 13.1. The summed E-state index contributed by atoms with van der Waals surface area (Å²) in [6.45, 7) is 7.37. The first-order chi connectivity index (χ1) is 9.06. The van der Waals surface area contributed by atoms with Gasteiger partial charge < -0.3 is 10.6 Å². The molecule has 1 fully saturated rings. The normalized spacial score (nSPS) is 18.8. The van der Waals surface area contributed by atoms with Crippen molar-refractivity contribution in [2.75, 3.05) is 7.05 Å². The van der Waals surface area contributed by atoms with Crippen LogP contribution < -0.4 is 10.6 Å². The molecular formula is C15H30N2O2. The molecule has 0 aromatic heterocycles. The number of nitrogens with one attached hydrogen (secondary N) is 2. The molecule has 0 saturated heterocycles. The predicted octanol–water partition coefficient (Wildman–Crippen LogP) is 2.27. The van der Waals surface area contributed by atoms with Gasteiger partial charge in [0.05, 0.1) is 12.1 Å². The molecule has 2 N–H and O–H groups in total. The highest BCUT2D eigenvalue weighted by atomic mass is 16.2. The Balaban J connectivity index is 0.00000154. The number of ketones is 1. The Kier molecular flexibility index (Phi) is 9.48. The minimum atomic E-state index is -0.293. The Bertz CT molecular complexity index is 273. The van der Waals surface area contributed by atoms with Crippen LogP contribution in [0.1, 0.15) is 59.8 Å². The summed E-state index contributed by atoms with van der Waals surface area (Å²) in [7, 11) is 1.74. The van der Waals surface area contributed by atoms with E-state index in [1.165, 1.54) is 19.3 Å². The van der Waals surface area contributed by atoms with E-state index in [1.54, 1.807) is 20.9 Å². The van der Waals surface area contributed by atoms with Crippen molar-refractivity contribution in [1.82, 2.24) is 10.6 Å². The van der Waals surface area contributed by atoms with Crippen molar-refractivity contribution < 1.29 is 9.59 Å². The Morgan fingerprint density at radius 3 is 2.05 bits per heavy atom. The topological polar surface area (TPSA) is 58.2 Å². The van der Waals surface area contributed by atoms with E-state index >= 15 is 0 Å². The molecule has 1 aliphatic carbocycles. The predicted molar refractivity (Wildman–Crippen MR) is 79.1 cm³/mol. The van der Waals surface area contributed by atoms with Gasteiger partial charge in [0.2, 0.25) is 5.91 Å². The van der Waals surface area contributed by atoms with E-state index in [4.69, 9.17) is 0 Å². The lowest BCUT2D eigenvalue weighted by molar-refractivity contribution is -0.129. The first kappa shape index (κ1) is 18.1. The second-order valence-corrected chi connectivity index (χ2v) is 5.01. The van der Waals surface area contributed by atoms with E-state index < -0.39 is 0 Å². The molecule has 1 saturated carbocycles. The number of carbonyl (C=O) groups is 2. The molecule has 0 spiro atoms. The average Bonchev–Trinajstić information content (AvgIpc) is 2.46. The number of carbonyl (C=O) groups excluding carboxylic acids is 2. The van der Waals surface area contributed by atoms with E-state index in [2.05, 4.69) is 10.6 Å². The Morgan fingerprint density at radius 1 is 1.11 bits per heavy atom.